The van der Waals surface area contributed by atoms with Crippen LogP contribution in [0.25, 0.3) is 0 Å². The number of halogens is 4. The van der Waals surface area contributed by atoms with E-state index in [1.54, 1.807) is 0 Å². The minimum absolute atomic E-state index is 0.141. The largest absolute Gasteiger partial charge is 0.465 e. The van der Waals surface area contributed by atoms with E-state index in [1.165, 1.54) is 21.9 Å². The Bertz CT molecular complexity index is 715. The first-order valence-electron chi connectivity index (χ1n) is 7.81. The molecule has 9 heteroatoms. The van der Waals surface area contributed by atoms with Crippen LogP contribution in [0.3, 0.4) is 0 Å². The van der Waals surface area contributed by atoms with Gasteiger partial charge in [-0.3, -0.25) is 4.79 Å². The molecule has 2 aliphatic rings. The molecule has 0 aliphatic carbocycles. The van der Waals surface area contributed by atoms with E-state index >= 15 is 0 Å². The van der Waals surface area contributed by atoms with E-state index in [2.05, 4.69) is 15.9 Å². The third-order valence-corrected chi connectivity index (χ3v) is 5.55. The van der Waals surface area contributed by atoms with Crippen molar-refractivity contribution in [1.82, 2.24) is 4.90 Å². The van der Waals surface area contributed by atoms with Gasteiger partial charge in [0.1, 0.15) is 0 Å². The maximum Gasteiger partial charge on any atom is 0.418 e. The standard InChI is InChI=1S/C16H16BrF3N2O3/c17-10-1-2-12(11(9-10)16(18,19)20)22-8-5-15(13(22)23)3-6-21(7-4-15)14(24)25/h1-2,9H,3-8H2,(H,24,25). The number of benzene rings is 1. The lowest BCUT2D eigenvalue weighted by Gasteiger charge is -2.36. The highest BCUT2D eigenvalue weighted by Gasteiger charge is 2.50. The van der Waals surface area contributed by atoms with Gasteiger partial charge in [0.2, 0.25) is 5.91 Å². The molecule has 1 aromatic carbocycles. The summed E-state index contributed by atoms with van der Waals surface area (Å²) in [5.41, 5.74) is -1.75. The van der Waals surface area contributed by atoms with E-state index in [4.69, 9.17) is 5.11 Å². The summed E-state index contributed by atoms with van der Waals surface area (Å²) < 4.78 is 40.3. The van der Waals surface area contributed by atoms with Crippen LogP contribution in [0.5, 0.6) is 0 Å². The number of carboxylic acid groups (broad SMARTS) is 1. The molecule has 1 spiro atoms. The normalized spacial score (nSPS) is 20.4. The van der Waals surface area contributed by atoms with Crippen molar-refractivity contribution in [3.8, 4) is 0 Å². The highest BCUT2D eigenvalue weighted by atomic mass is 79.9. The van der Waals surface area contributed by atoms with Crippen LogP contribution >= 0.6 is 15.9 Å². The molecule has 0 unspecified atom stereocenters. The lowest BCUT2D eigenvalue weighted by Crippen LogP contribution is -2.46. The van der Waals surface area contributed by atoms with Gasteiger partial charge < -0.3 is 14.9 Å². The monoisotopic (exact) mass is 420 g/mol. The summed E-state index contributed by atoms with van der Waals surface area (Å²) in [6, 6.07) is 3.76. The third kappa shape index (κ3) is 3.21. The maximum atomic E-state index is 13.4. The van der Waals surface area contributed by atoms with Crippen LogP contribution < -0.4 is 4.90 Å². The van der Waals surface area contributed by atoms with Crippen LogP contribution in [-0.4, -0.2) is 41.6 Å². The van der Waals surface area contributed by atoms with E-state index in [9.17, 15) is 22.8 Å². The van der Waals surface area contributed by atoms with Crippen LogP contribution in [0, 0.1) is 5.41 Å². The Morgan fingerprint density at radius 3 is 2.32 bits per heavy atom. The Morgan fingerprint density at radius 1 is 1.16 bits per heavy atom. The van der Waals surface area contributed by atoms with E-state index < -0.39 is 23.2 Å². The van der Waals surface area contributed by atoms with Gasteiger partial charge in [-0.2, -0.15) is 13.2 Å². The molecule has 0 saturated carbocycles. The Balaban J connectivity index is 1.88. The van der Waals surface area contributed by atoms with Gasteiger partial charge in [-0.05, 0) is 37.5 Å². The van der Waals surface area contributed by atoms with Crippen molar-refractivity contribution >= 4 is 33.6 Å². The molecule has 1 aromatic rings. The first-order chi connectivity index (χ1) is 11.6. The van der Waals surface area contributed by atoms with Gasteiger partial charge in [0.25, 0.3) is 0 Å². The topological polar surface area (TPSA) is 60.9 Å². The van der Waals surface area contributed by atoms with Gasteiger partial charge in [0, 0.05) is 24.1 Å². The molecule has 0 radical (unpaired) electrons. The number of alkyl halides is 3. The molecule has 3 rings (SSSR count). The molecule has 0 aromatic heterocycles. The molecule has 2 heterocycles. The van der Waals surface area contributed by atoms with Crippen molar-refractivity contribution in [2.75, 3.05) is 24.5 Å². The van der Waals surface area contributed by atoms with Gasteiger partial charge >= 0.3 is 12.3 Å². The average molecular weight is 421 g/mol. The number of piperidine rings is 1. The predicted molar refractivity (Wildman–Crippen MR) is 87.4 cm³/mol. The number of carbonyl (C=O) groups is 2. The third-order valence-electron chi connectivity index (χ3n) is 5.06. The highest BCUT2D eigenvalue weighted by molar-refractivity contribution is 9.10. The van der Waals surface area contributed by atoms with Gasteiger partial charge in [0.15, 0.2) is 0 Å². The first kappa shape index (κ1) is 18.0. The second-order valence-electron chi connectivity index (χ2n) is 6.42. The summed E-state index contributed by atoms with van der Waals surface area (Å²) in [6.45, 7) is 0.652. The molecule has 2 aliphatic heterocycles. The number of hydrogen-bond acceptors (Lipinski definition) is 2. The highest BCUT2D eigenvalue weighted by Crippen LogP contribution is 2.46. The second-order valence-corrected chi connectivity index (χ2v) is 7.33. The Labute approximate surface area is 150 Å². The Hall–Kier alpha value is -1.77. The van der Waals surface area contributed by atoms with Crippen LogP contribution in [0.4, 0.5) is 23.7 Å². The number of nitrogens with zero attached hydrogens (tertiary/aromatic N) is 2. The summed E-state index contributed by atoms with van der Waals surface area (Å²) in [5, 5.41) is 9.02. The zero-order chi connectivity index (χ0) is 18.4. The van der Waals surface area contributed by atoms with Crippen molar-refractivity contribution in [3.63, 3.8) is 0 Å². The lowest BCUT2D eigenvalue weighted by atomic mass is 9.77. The molecule has 2 fully saturated rings. The fourth-order valence-corrected chi connectivity index (χ4v) is 3.97. The molecule has 136 valence electrons. The molecular weight excluding hydrogens is 405 g/mol. The number of anilines is 1. The minimum atomic E-state index is -4.57. The molecule has 0 atom stereocenters. The van der Waals surface area contributed by atoms with Crippen molar-refractivity contribution < 1.29 is 27.9 Å². The van der Waals surface area contributed by atoms with Crippen LogP contribution in [-0.2, 0) is 11.0 Å². The van der Waals surface area contributed by atoms with E-state index in [0.717, 1.165) is 6.07 Å². The fraction of sp³-hybridized carbons (Fsp3) is 0.500. The second kappa shape index (κ2) is 6.19. The number of rotatable bonds is 1. The first-order valence-corrected chi connectivity index (χ1v) is 8.60. The lowest BCUT2D eigenvalue weighted by molar-refractivity contribution is -0.137. The quantitative estimate of drug-likeness (QED) is 0.747. The molecule has 0 bridgehead atoms. The van der Waals surface area contributed by atoms with Gasteiger partial charge in [-0.1, -0.05) is 15.9 Å². The average Bonchev–Trinajstić information content (AvgIpc) is 2.84. The number of hydrogen-bond donors (Lipinski definition) is 1. The smallest absolute Gasteiger partial charge is 0.418 e. The van der Waals surface area contributed by atoms with Crippen LogP contribution in [0.2, 0.25) is 0 Å². The molecule has 5 nitrogen and oxygen atoms in total. The summed E-state index contributed by atoms with van der Waals surface area (Å²) in [4.78, 5) is 26.4. The van der Waals surface area contributed by atoms with E-state index in [1.807, 2.05) is 0 Å². The van der Waals surface area contributed by atoms with E-state index in [0.29, 0.717) is 23.7 Å². The van der Waals surface area contributed by atoms with Crippen LogP contribution in [0.1, 0.15) is 24.8 Å². The van der Waals surface area contributed by atoms with Gasteiger partial charge in [0.05, 0.1) is 16.7 Å². The number of likely N-dealkylation sites (tertiary alicyclic amines) is 1. The van der Waals surface area contributed by atoms with Crippen molar-refractivity contribution in [1.29, 1.82) is 0 Å². The fourth-order valence-electron chi connectivity index (χ4n) is 3.61. The number of amides is 2. The van der Waals surface area contributed by atoms with Gasteiger partial charge in [-0.15, -0.1) is 0 Å². The zero-order valence-corrected chi connectivity index (χ0v) is 14.7. The predicted octanol–water partition coefficient (Wildman–Crippen LogP) is 3.96. The Morgan fingerprint density at radius 2 is 1.76 bits per heavy atom. The van der Waals surface area contributed by atoms with Gasteiger partial charge in [-0.25, -0.2) is 4.79 Å². The molecule has 25 heavy (non-hydrogen) atoms. The number of carbonyl (C=O) groups excluding carboxylic acids is 1. The van der Waals surface area contributed by atoms with Crippen molar-refractivity contribution in [2.45, 2.75) is 25.4 Å². The summed E-state index contributed by atoms with van der Waals surface area (Å²) in [7, 11) is 0. The molecule has 2 amide bonds. The van der Waals surface area contributed by atoms with Crippen molar-refractivity contribution in [3.05, 3.63) is 28.2 Å². The Kier molecular flexibility index (Phi) is 4.47. The minimum Gasteiger partial charge on any atom is -0.465 e. The summed E-state index contributed by atoms with van der Waals surface area (Å²) >= 11 is 3.04. The molecule has 2 saturated heterocycles. The SMILES string of the molecule is O=C(O)N1CCC2(CC1)CCN(c1ccc(Br)cc1C(F)(F)F)C2=O. The summed E-state index contributed by atoms with van der Waals surface area (Å²) in [5.74, 6) is -0.342. The van der Waals surface area contributed by atoms with Crippen LogP contribution in [0.15, 0.2) is 22.7 Å². The zero-order valence-electron chi connectivity index (χ0n) is 13.1. The summed E-state index contributed by atoms with van der Waals surface area (Å²) in [6.07, 6.45) is -4.49. The van der Waals surface area contributed by atoms with Crippen molar-refractivity contribution in [2.24, 2.45) is 5.41 Å². The molecule has 1 N–H and O–H groups in total. The van der Waals surface area contributed by atoms with E-state index in [-0.39, 0.29) is 31.2 Å². The maximum absolute atomic E-state index is 13.4. The molecular formula is C16H16BrF3N2O3.